The monoisotopic (exact) mass is 231 g/mol. The van der Waals surface area contributed by atoms with E-state index in [0.717, 1.165) is 0 Å². The third-order valence-corrected chi connectivity index (χ3v) is 2.06. The Morgan fingerprint density at radius 1 is 1.19 bits per heavy atom. The Balaban J connectivity index is 0.00000106. The Morgan fingerprint density at radius 3 is 1.88 bits per heavy atom. The van der Waals surface area contributed by atoms with Gasteiger partial charge in [0.2, 0.25) is 0 Å². The third-order valence-electron chi connectivity index (χ3n) is 2.06. The summed E-state index contributed by atoms with van der Waals surface area (Å²) in [4.78, 5) is 13.1. The summed E-state index contributed by atoms with van der Waals surface area (Å²) in [6.07, 6.45) is -0.332. The first-order valence-electron chi connectivity index (χ1n) is 5.78. The van der Waals surface area contributed by atoms with Crippen LogP contribution < -0.4 is 11.5 Å². The summed E-state index contributed by atoms with van der Waals surface area (Å²) in [6, 6.07) is -0.273. The number of hydrogen-bond donors (Lipinski definition) is 2. The number of likely N-dealkylation sites (tertiary alicyclic amines) is 1. The van der Waals surface area contributed by atoms with Crippen molar-refractivity contribution in [2.75, 3.05) is 13.1 Å². The minimum atomic E-state index is -0.464. The van der Waals surface area contributed by atoms with E-state index < -0.39 is 5.60 Å². The second kappa shape index (κ2) is 6.06. The summed E-state index contributed by atoms with van der Waals surface area (Å²) in [6.45, 7) is 10.5. The molecule has 5 heteroatoms. The predicted molar refractivity (Wildman–Crippen MR) is 65.1 cm³/mol. The van der Waals surface area contributed by atoms with E-state index in [1.165, 1.54) is 0 Å². The molecule has 1 amide bonds. The van der Waals surface area contributed by atoms with Crippen molar-refractivity contribution >= 4 is 6.09 Å². The van der Waals surface area contributed by atoms with E-state index in [2.05, 4.69) is 0 Å². The Kier molecular flexibility index (Phi) is 5.75. The molecule has 1 heterocycles. The molecule has 0 spiro atoms. The van der Waals surface area contributed by atoms with E-state index in [-0.39, 0.29) is 18.2 Å². The molecule has 2 atom stereocenters. The first kappa shape index (κ1) is 15.2. The molecule has 0 aromatic heterocycles. The summed E-state index contributed by atoms with van der Waals surface area (Å²) in [5, 5.41) is 0. The molecule has 16 heavy (non-hydrogen) atoms. The van der Waals surface area contributed by atoms with Crippen molar-refractivity contribution in [3.8, 4) is 0 Å². The van der Waals surface area contributed by atoms with Crippen LogP contribution in [0.3, 0.4) is 0 Å². The van der Waals surface area contributed by atoms with E-state index in [1.54, 1.807) is 4.90 Å². The van der Waals surface area contributed by atoms with Crippen LogP contribution in [0.15, 0.2) is 0 Å². The minimum Gasteiger partial charge on any atom is -0.444 e. The Morgan fingerprint density at radius 2 is 1.56 bits per heavy atom. The number of hydrogen-bond acceptors (Lipinski definition) is 4. The van der Waals surface area contributed by atoms with Crippen molar-refractivity contribution in [1.82, 2.24) is 4.90 Å². The van der Waals surface area contributed by atoms with Crippen LogP contribution in [0, 0.1) is 0 Å². The minimum absolute atomic E-state index is 0.137. The zero-order chi connectivity index (χ0) is 12.9. The average Bonchev–Trinajstić information content (AvgIpc) is 2.48. The molecule has 1 aliphatic rings. The average molecular weight is 231 g/mol. The highest BCUT2D eigenvalue weighted by Gasteiger charge is 2.32. The van der Waals surface area contributed by atoms with Crippen LogP contribution in [0.25, 0.3) is 0 Å². The molecule has 2 unspecified atom stereocenters. The molecule has 4 N–H and O–H groups in total. The maximum atomic E-state index is 11.5. The Bertz CT molecular complexity index is 216. The second-order valence-corrected chi connectivity index (χ2v) is 4.71. The lowest BCUT2D eigenvalue weighted by Gasteiger charge is -2.24. The van der Waals surface area contributed by atoms with Gasteiger partial charge in [0.15, 0.2) is 0 Å². The quantitative estimate of drug-likeness (QED) is 0.649. The zero-order valence-corrected chi connectivity index (χ0v) is 11.0. The first-order valence-corrected chi connectivity index (χ1v) is 5.78. The van der Waals surface area contributed by atoms with Crippen LogP contribution in [-0.4, -0.2) is 41.8 Å². The molecule has 0 aromatic carbocycles. The summed E-state index contributed by atoms with van der Waals surface area (Å²) in [5.74, 6) is 0. The summed E-state index contributed by atoms with van der Waals surface area (Å²) >= 11 is 0. The van der Waals surface area contributed by atoms with Crippen LogP contribution in [0.5, 0.6) is 0 Å². The molecule has 1 saturated heterocycles. The number of carbonyl (C=O) groups is 1. The molecular formula is C11H25N3O2. The number of nitrogens with two attached hydrogens (primary N) is 2. The van der Waals surface area contributed by atoms with Crippen LogP contribution in [0.2, 0.25) is 0 Å². The largest absolute Gasteiger partial charge is 0.444 e. The summed E-state index contributed by atoms with van der Waals surface area (Å²) in [5.41, 5.74) is 10.9. The summed E-state index contributed by atoms with van der Waals surface area (Å²) < 4.78 is 5.19. The van der Waals surface area contributed by atoms with Gasteiger partial charge in [-0.3, -0.25) is 0 Å². The number of ether oxygens (including phenoxy) is 1. The standard InChI is InChI=1S/C9H19N3O2.C2H6/c1-9(2,3)14-8(13)12-4-6(10)7(11)5-12;1-2/h6-7H,4-5,10-11H2,1-3H3;1-2H3. The van der Waals surface area contributed by atoms with E-state index in [0.29, 0.717) is 13.1 Å². The molecule has 96 valence electrons. The number of amides is 1. The number of carbonyl (C=O) groups excluding carboxylic acids is 1. The van der Waals surface area contributed by atoms with Gasteiger partial charge < -0.3 is 21.1 Å². The van der Waals surface area contributed by atoms with Gasteiger partial charge in [0.05, 0.1) is 0 Å². The van der Waals surface area contributed by atoms with Crippen LogP contribution in [0.1, 0.15) is 34.6 Å². The highest BCUT2D eigenvalue weighted by atomic mass is 16.6. The maximum absolute atomic E-state index is 11.5. The Labute approximate surface area is 98.1 Å². The van der Waals surface area contributed by atoms with Crippen molar-refractivity contribution in [2.24, 2.45) is 11.5 Å². The highest BCUT2D eigenvalue weighted by Crippen LogP contribution is 2.13. The van der Waals surface area contributed by atoms with Gasteiger partial charge in [-0.05, 0) is 20.8 Å². The van der Waals surface area contributed by atoms with E-state index in [9.17, 15) is 4.79 Å². The van der Waals surface area contributed by atoms with Gasteiger partial charge >= 0.3 is 6.09 Å². The van der Waals surface area contributed by atoms with E-state index >= 15 is 0 Å². The van der Waals surface area contributed by atoms with Crippen molar-refractivity contribution in [2.45, 2.75) is 52.3 Å². The molecule has 0 aliphatic carbocycles. The molecule has 1 rings (SSSR count). The van der Waals surface area contributed by atoms with Crippen LogP contribution in [-0.2, 0) is 4.74 Å². The number of nitrogens with zero attached hydrogens (tertiary/aromatic N) is 1. The first-order chi connectivity index (χ1) is 7.29. The van der Waals surface area contributed by atoms with Gasteiger partial charge in [-0.1, -0.05) is 13.8 Å². The van der Waals surface area contributed by atoms with Crippen LogP contribution >= 0.6 is 0 Å². The fourth-order valence-electron chi connectivity index (χ4n) is 1.33. The SMILES string of the molecule is CC.CC(C)(C)OC(=O)N1CC(N)C(N)C1. The zero-order valence-electron chi connectivity index (χ0n) is 11.0. The maximum Gasteiger partial charge on any atom is 0.410 e. The highest BCUT2D eigenvalue weighted by molar-refractivity contribution is 5.68. The lowest BCUT2D eigenvalue weighted by Crippen LogP contribution is -2.39. The van der Waals surface area contributed by atoms with Gasteiger partial charge in [0.1, 0.15) is 5.60 Å². The smallest absolute Gasteiger partial charge is 0.410 e. The predicted octanol–water partition coefficient (Wildman–Crippen LogP) is 0.918. The van der Waals surface area contributed by atoms with Crippen molar-refractivity contribution in [3.63, 3.8) is 0 Å². The third kappa shape index (κ3) is 4.81. The molecule has 0 bridgehead atoms. The van der Waals surface area contributed by atoms with Crippen molar-refractivity contribution in [3.05, 3.63) is 0 Å². The van der Waals surface area contributed by atoms with Gasteiger partial charge in [-0.15, -0.1) is 0 Å². The Hall–Kier alpha value is -0.810. The second-order valence-electron chi connectivity index (χ2n) is 4.71. The lowest BCUT2D eigenvalue weighted by atomic mass is 10.2. The number of rotatable bonds is 0. The molecule has 5 nitrogen and oxygen atoms in total. The van der Waals surface area contributed by atoms with Crippen molar-refractivity contribution < 1.29 is 9.53 Å². The van der Waals surface area contributed by atoms with Gasteiger partial charge in [0.25, 0.3) is 0 Å². The fourth-order valence-corrected chi connectivity index (χ4v) is 1.33. The normalized spacial score (nSPS) is 24.8. The van der Waals surface area contributed by atoms with Crippen LogP contribution in [0.4, 0.5) is 4.79 Å². The summed E-state index contributed by atoms with van der Waals surface area (Å²) in [7, 11) is 0. The van der Waals surface area contributed by atoms with E-state index in [1.807, 2.05) is 34.6 Å². The molecule has 0 aromatic rings. The molecule has 0 saturated carbocycles. The molecular weight excluding hydrogens is 206 g/mol. The van der Waals surface area contributed by atoms with Gasteiger partial charge in [-0.2, -0.15) is 0 Å². The fraction of sp³-hybridized carbons (Fsp3) is 0.909. The lowest BCUT2D eigenvalue weighted by molar-refractivity contribution is 0.0290. The van der Waals surface area contributed by atoms with Gasteiger partial charge in [-0.25, -0.2) is 4.79 Å². The molecule has 1 fully saturated rings. The topological polar surface area (TPSA) is 81.6 Å². The molecule has 1 aliphatic heterocycles. The molecule has 0 radical (unpaired) electrons. The van der Waals surface area contributed by atoms with Gasteiger partial charge in [0, 0.05) is 25.2 Å². The van der Waals surface area contributed by atoms with Crippen molar-refractivity contribution in [1.29, 1.82) is 0 Å². The van der Waals surface area contributed by atoms with E-state index in [4.69, 9.17) is 16.2 Å².